The maximum atomic E-state index is 13.3. The Hall–Kier alpha value is -3.48. The molecule has 12 heteroatoms. The summed E-state index contributed by atoms with van der Waals surface area (Å²) in [7, 11) is 0. The van der Waals surface area contributed by atoms with Gasteiger partial charge in [0.2, 0.25) is 5.91 Å². The van der Waals surface area contributed by atoms with Crippen molar-refractivity contribution in [1.82, 2.24) is 24.6 Å². The fraction of sp³-hybridized carbons (Fsp3) is 0.481. The Labute approximate surface area is 230 Å². The van der Waals surface area contributed by atoms with Crippen LogP contribution < -0.4 is 11.1 Å². The largest absolute Gasteiger partial charge is 0.381 e. The number of pyridine rings is 1. The molecule has 0 aliphatic carbocycles. The van der Waals surface area contributed by atoms with Gasteiger partial charge in [0.1, 0.15) is 10.7 Å². The predicted octanol–water partition coefficient (Wildman–Crippen LogP) is 3.09. The van der Waals surface area contributed by atoms with Gasteiger partial charge in [-0.1, -0.05) is 0 Å². The molecule has 0 spiro atoms. The molecule has 1 saturated heterocycles. The molecule has 4 bridgehead atoms. The van der Waals surface area contributed by atoms with Crippen LogP contribution in [0.1, 0.15) is 71.2 Å². The standard InChI is InChI=1S/C27H33N7O4S/c28-24(36)6-12-33-10-1-3-19-15-18(5-9-29-19)27-31-22(17-39-27)26(37)30-21-16-34(20-7-13-38-14-8-20)32-25(21)23(35)4-2-11-33/h5,9,15-17,20H,1-4,6-8,10-14H2,(H2,28,36)(H,30,37). The van der Waals surface area contributed by atoms with Crippen LogP contribution in [0.4, 0.5) is 5.69 Å². The van der Waals surface area contributed by atoms with Crippen molar-refractivity contribution in [2.24, 2.45) is 5.73 Å². The molecule has 0 unspecified atom stereocenters. The molecule has 11 nitrogen and oxygen atoms in total. The van der Waals surface area contributed by atoms with Crippen molar-refractivity contribution < 1.29 is 19.1 Å². The number of amides is 2. The van der Waals surface area contributed by atoms with E-state index in [1.165, 1.54) is 11.3 Å². The van der Waals surface area contributed by atoms with Crippen molar-refractivity contribution in [2.75, 3.05) is 38.2 Å². The number of aromatic nitrogens is 4. The number of nitrogens with two attached hydrogens (primary N) is 1. The number of aryl methyl sites for hydroxylation is 1. The van der Waals surface area contributed by atoms with Crippen LogP contribution >= 0.6 is 11.3 Å². The van der Waals surface area contributed by atoms with Gasteiger partial charge in [-0.3, -0.25) is 24.0 Å². The van der Waals surface area contributed by atoms with E-state index in [9.17, 15) is 14.4 Å². The van der Waals surface area contributed by atoms with Crippen LogP contribution in [0, 0.1) is 0 Å². The zero-order chi connectivity index (χ0) is 27.2. The van der Waals surface area contributed by atoms with E-state index in [4.69, 9.17) is 10.5 Å². The number of nitrogens with zero attached hydrogens (tertiary/aromatic N) is 5. The molecule has 2 aliphatic rings. The van der Waals surface area contributed by atoms with Crippen LogP contribution in [0.25, 0.3) is 10.6 Å². The molecule has 0 saturated carbocycles. The average molecular weight is 552 g/mol. The molecule has 3 aromatic rings. The van der Waals surface area contributed by atoms with Crippen molar-refractivity contribution >= 4 is 34.6 Å². The van der Waals surface area contributed by atoms with Gasteiger partial charge in [-0.15, -0.1) is 11.3 Å². The molecule has 1 fully saturated rings. The molecule has 5 rings (SSSR count). The van der Waals surface area contributed by atoms with Crippen LogP contribution in [0.15, 0.2) is 29.9 Å². The van der Waals surface area contributed by atoms with Crippen molar-refractivity contribution in [3.05, 3.63) is 47.0 Å². The molecule has 0 atom stereocenters. The van der Waals surface area contributed by atoms with Gasteiger partial charge in [0, 0.05) is 61.6 Å². The first-order valence-corrected chi connectivity index (χ1v) is 14.3. The number of nitrogens with one attached hydrogen (secondary N) is 1. The van der Waals surface area contributed by atoms with E-state index >= 15 is 0 Å². The van der Waals surface area contributed by atoms with E-state index in [1.807, 2.05) is 12.1 Å². The van der Waals surface area contributed by atoms with E-state index in [1.54, 1.807) is 22.5 Å². The maximum absolute atomic E-state index is 13.3. The molecule has 3 N–H and O–H groups in total. The second kappa shape index (κ2) is 12.6. The van der Waals surface area contributed by atoms with Crippen molar-refractivity contribution in [3.63, 3.8) is 0 Å². The highest BCUT2D eigenvalue weighted by Gasteiger charge is 2.24. The lowest BCUT2D eigenvalue weighted by atomic mass is 10.1. The highest BCUT2D eigenvalue weighted by Crippen LogP contribution is 2.27. The number of primary amides is 1. The Morgan fingerprint density at radius 3 is 2.77 bits per heavy atom. The summed E-state index contributed by atoms with van der Waals surface area (Å²) in [6.07, 6.45) is 7.82. The maximum Gasteiger partial charge on any atom is 0.275 e. The third-order valence-electron chi connectivity index (χ3n) is 7.07. The number of hydrogen-bond donors (Lipinski definition) is 2. The van der Waals surface area contributed by atoms with Crippen LogP contribution in [0.2, 0.25) is 0 Å². The summed E-state index contributed by atoms with van der Waals surface area (Å²) in [4.78, 5) is 49.2. The second-order valence-corrected chi connectivity index (χ2v) is 10.8. The third-order valence-corrected chi connectivity index (χ3v) is 7.96. The van der Waals surface area contributed by atoms with E-state index in [0.29, 0.717) is 38.4 Å². The van der Waals surface area contributed by atoms with Gasteiger partial charge in [-0.2, -0.15) is 5.10 Å². The molecule has 206 valence electrons. The van der Waals surface area contributed by atoms with Gasteiger partial charge in [-0.05, 0) is 57.3 Å². The quantitative estimate of drug-likeness (QED) is 0.503. The summed E-state index contributed by atoms with van der Waals surface area (Å²) in [5.41, 5.74) is 8.18. The molecule has 0 aromatic carbocycles. The number of carbonyl (C=O) groups is 3. The molecule has 2 aliphatic heterocycles. The molecule has 39 heavy (non-hydrogen) atoms. The van der Waals surface area contributed by atoms with Crippen molar-refractivity contribution in [1.29, 1.82) is 0 Å². The predicted molar refractivity (Wildman–Crippen MR) is 147 cm³/mol. The van der Waals surface area contributed by atoms with E-state index in [2.05, 4.69) is 25.3 Å². The first-order chi connectivity index (χ1) is 19.0. The van der Waals surface area contributed by atoms with Crippen molar-refractivity contribution in [2.45, 2.75) is 51.0 Å². The zero-order valence-corrected chi connectivity index (χ0v) is 22.6. The summed E-state index contributed by atoms with van der Waals surface area (Å²) in [6, 6.07) is 4.00. The lowest BCUT2D eigenvalue weighted by molar-refractivity contribution is -0.118. The zero-order valence-electron chi connectivity index (χ0n) is 21.8. The number of ether oxygens (including phenoxy) is 1. The fourth-order valence-corrected chi connectivity index (χ4v) is 5.74. The van der Waals surface area contributed by atoms with Crippen molar-refractivity contribution in [3.8, 4) is 10.6 Å². The smallest absolute Gasteiger partial charge is 0.275 e. The van der Waals surface area contributed by atoms with Gasteiger partial charge in [-0.25, -0.2) is 4.98 Å². The molecule has 5 heterocycles. The summed E-state index contributed by atoms with van der Waals surface area (Å²) >= 11 is 1.39. The van der Waals surface area contributed by atoms with Gasteiger partial charge in [0.15, 0.2) is 11.5 Å². The lowest BCUT2D eigenvalue weighted by Crippen LogP contribution is -2.30. The monoisotopic (exact) mass is 551 g/mol. The lowest BCUT2D eigenvalue weighted by Gasteiger charge is -2.22. The number of fused-ring (bicyclic) bond motifs is 6. The summed E-state index contributed by atoms with van der Waals surface area (Å²) < 4.78 is 7.27. The topological polar surface area (TPSA) is 145 Å². The van der Waals surface area contributed by atoms with E-state index < -0.39 is 0 Å². The Morgan fingerprint density at radius 2 is 1.97 bits per heavy atom. The number of rotatable bonds is 4. The van der Waals surface area contributed by atoms with E-state index in [0.717, 1.165) is 48.5 Å². The summed E-state index contributed by atoms with van der Waals surface area (Å²) in [5, 5.41) is 9.97. The minimum atomic E-state index is -0.383. The van der Waals surface area contributed by atoms with E-state index in [-0.39, 0.29) is 47.9 Å². The first kappa shape index (κ1) is 27.1. The Kier molecular flexibility index (Phi) is 8.74. The summed E-state index contributed by atoms with van der Waals surface area (Å²) in [6.45, 7) is 3.21. The normalized spacial score (nSPS) is 18.2. The first-order valence-electron chi connectivity index (χ1n) is 13.4. The summed E-state index contributed by atoms with van der Waals surface area (Å²) in [5.74, 6) is -0.863. The molecule has 0 radical (unpaired) electrons. The Bertz CT molecular complexity index is 1330. The van der Waals surface area contributed by atoms with Crippen LogP contribution in [0.3, 0.4) is 0 Å². The minimum absolute atomic E-state index is 0.105. The van der Waals surface area contributed by atoms with Crippen LogP contribution in [0.5, 0.6) is 0 Å². The number of Topliss-reactive ketones (excluding diaryl/α,β-unsaturated/α-hetero) is 1. The molecule has 3 aromatic heterocycles. The van der Waals surface area contributed by atoms with Gasteiger partial charge in [0.05, 0.1) is 11.7 Å². The Balaban J connectivity index is 1.44. The second-order valence-electron chi connectivity index (χ2n) is 9.93. The van der Waals surface area contributed by atoms with Crippen LogP contribution in [-0.4, -0.2) is 75.1 Å². The fourth-order valence-electron chi connectivity index (χ4n) is 4.94. The molecular weight excluding hydrogens is 518 g/mol. The highest BCUT2D eigenvalue weighted by atomic mass is 32.1. The number of thiazole rings is 1. The van der Waals surface area contributed by atoms with Gasteiger partial charge < -0.3 is 20.7 Å². The average Bonchev–Trinajstić information content (AvgIpc) is 3.60. The number of hydrogen-bond acceptors (Lipinski definition) is 9. The van der Waals surface area contributed by atoms with Gasteiger partial charge >= 0.3 is 0 Å². The molecular formula is C27H33N7O4S. The number of ketones is 1. The minimum Gasteiger partial charge on any atom is -0.381 e. The van der Waals surface area contributed by atoms with Gasteiger partial charge in [0.25, 0.3) is 5.91 Å². The molecule has 2 amide bonds. The highest BCUT2D eigenvalue weighted by molar-refractivity contribution is 7.13. The Morgan fingerprint density at radius 1 is 1.18 bits per heavy atom. The third kappa shape index (κ3) is 6.94. The SMILES string of the molecule is NC(=O)CCN1CCCC(=O)c2nn(C3CCOCC3)cc2NC(=O)c2csc(n2)-c2ccnc(c2)CCC1. The number of anilines is 1. The van der Waals surface area contributed by atoms with Crippen LogP contribution in [-0.2, 0) is 16.0 Å². The number of carbonyl (C=O) groups excluding carboxylic acids is 3.